The largest absolute Gasteiger partial charge is 0.370 e. The van der Waals surface area contributed by atoms with E-state index in [1.807, 2.05) is 23.6 Å². The van der Waals surface area contributed by atoms with Crippen LogP contribution in [0.4, 0.5) is 0 Å². The highest BCUT2D eigenvalue weighted by Gasteiger charge is 2.04. The second kappa shape index (κ2) is 12.1. The Morgan fingerprint density at radius 3 is 1.95 bits per heavy atom. The fraction of sp³-hybridized carbons (Fsp3) is 0.833. The molecule has 7 heteroatoms. The zero-order valence-corrected chi connectivity index (χ0v) is 14.3. The van der Waals surface area contributed by atoms with E-state index < -0.39 is 0 Å². The van der Waals surface area contributed by atoms with Crippen LogP contribution in [-0.2, 0) is 0 Å². The standard InChI is InChI=1S/C12H28N6.BrH/c1-5-17(6-2)11(13)15-9-10-16-12(14)18(7-3)8-4;/h5-10H2,1-4H3,(H2,13,15)(H2,14,16);1H. The Balaban J connectivity index is 0. The average molecular weight is 337 g/mol. The second-order valence-electron chi connectivity index (χ2n) is 3.86. The van der Waals surface area contributed by atoms with Gasteiger partial charge in [-0.3, -0.25) is 10.4 Å². The summed E-state index contributed by atoms with van der Waals surface area (Å²) in [7, 11) is 0. The molecular formula is C12H29BrN6. The predicted octanol–water partition coefficient (Wildman–Crippen LogP) is 1.09. The first kappa shape index (κ1) is 20.3. The summed E-state index contributed by atoms with van der Waals surface area (Å²) in [5.74, 6) is 1.03. The van der Waals surface area contributed by atoms with Gasteiger partial charge in [0.25, 0.3) is 0 Å². The Morgan fingerprint density at radius 2 is 1.53 bits per heavy atom. The van der Waals surface area contributed by atoms with Gasteiger partial charge in [0.05, 0.1) is 6.54 Å². The summed E-state index contributed by atoms with van der Waals surface area (Å²) in [6.07, 6.45) is 0. The molecule has 0 aromatic heterocycles. The molecule has 19 heavy (non-hydrogen) atoms. The molecule has 0 rings (SSSR count). The van der Waals surface area contributed by atoms with Crippen LogP contribution in [0.1, 0.15) is 27.7 Å². The van der Waals surface area contributed by atoms with E-state index in [1.54, 1.807) is 0 Å². The molecule has 0 bridgehead atoms. The number of nitrogens with zero attached hydrogens (tertiary/aromatic N) is 3. The van der Waals surface area contributed by atoms with Crippen molar-refractivity contribution in [3.8, 4) is 0 Å². The van der Waals surface area contributed by atoms with E-state index in [-0.39, 0.29) is 17.0 Å². The number of halogens is 1. The molecule has 0 aliphatic rings. The van der Waals surface area contributed by atoms with E-state index in [9.17, 15) is 0 Å². The molecule has 0 amide bonds. The molecular weight excluding hydrogens is 308 g/mol. The topological polar surface area (TPSA) is 80.7 Å². The average Bonchev–Trinajstić information content (AvgIpc) is 2.37. The third-order valence-corrected chi connectivity index (χ3v) is 2.85. The molecule has 114 valence electrons. The first-order valence-electron chi connectivity index (χ1n) is 6.72. The lowest BCUT2D eigenvalue weighted by molar-refractivity contribution is 0.442. The van der Waals surface area contributed by atoms with Crippen LogP contribution in [-0.4, -0.2) is 61.0 Å². The molecule has 0 spiro atoms. The number of hydrogen-bond donors (Lipinski definition) is 3. The van der Waals surface area contributed by atoms with Crippen molar-refractivity contribution in [3.63, 3.8) is 0 Å². The number of guanidine groups is 2. The van der Waals surface area contributed by atoms with Crippen molar-refractivity contribution in [2.24, 2.45) is 10.7 Å². The van der Waals surface area contributed by atoms with Gasteiger partial charge < -0.3 is 20.9 Å². The first-order valence-corrected chi connectivity index (χ1v) is 6.72. The number of nitrogens with two attached hydrogens (primary N) is 1. The maximum absolute atomic E-state index is 7.81. The molecule has 0 unspecified atom stereocenters. The molecule has 0 radical (unpaired) electrons. The van der Waals surface area contributed by atoms with Gasteiger partial charge in [-0.05, 0) is 27.7 Å². The molecule has 0 aliphatic heterocycles. The van der Waals surface area contributed by atoms with Gasteiger partial charge in [0.1, 0.15) is 0 Å². The highest BCUT2D eigenvalue weighted by molar-refractivity contribution is 8.93. The summed E-state index contributed by atoms with van der Waals surface area (Å²) in [5.41, 5.74) is 5.85. The van der Waals surface area contributed by atoms with Gasteiger partial charge in [-0.15, -0.1) is 17.0 Å². The van der Waals surface area contributed by atoms with Gasteiger partial charge >= 0.3 is 0 Å². The summed E-state index contributed by atoms with van der Waals surface area (Å²) >= 11 is 0. The molecule has 0 saturated heterocycles. The van der Waals surface area contributed by atoms with Gasteiger partial charge in [0.15, 0.2) is 11.9 Å². The van der Waals surface area contributed by atoms with Gasteiger partial charge in [-0.2, -0.15) is 0 Å². The number of nitrogens with one attached hydrogen (secondary N) is 2. The lowest BCUT2D eigenvalue weighted by Gasteiger charge is -2.22. The van der Waals surface area contributed by atoms with Crippen molar-refractivity contribution < 1.29 is 0 Å². The van der Waals surface area contributed by atoms with Crippen LogP contribution in [0.3, 0.4) is 0 Å². The maximum Gasteiger partial charge on any atom is 0.191 e. The Bertz CT molecular complexity index is 261. The summed E-state index contributed by atoms with van der Waals surface area (Å²) in [4.78, 5) is 8.26. The van der Waals surface area contributed by atoms with Gasteiger partial charge in [-0.25, -0.2) is 0 Å². The Morgan fingerprint density at radius 1 is 1.05 bits per heavy atom. The summed E-state index contributed by atoms with van der Waals surface area (Å²) in [6.45, 7) is 12.8. The maximum atomic E-state index is 7.81. The van der Waals surface area contributed by atoms with Crippen LogP contribution in [0, 0.1) is 5.41 Å². The molecule has 0 atom stereocenters. The van der Waals surface area contributed by atoms with E-state index in [0.29, 0.717) is 25.0 Å². The minimum atomic E-state index is 0. The Labute approximate surface area is 127 Å². The number of aliphatic imine (C=N–C) groups is 1. The highest BCUT2D eigenvalue weighted by atomic mass is 79.9. The lowest BCUT2D eigenvalue weighted by Crippen LogP contribution is -2.42. The quantitative estimate of drug-likeness (QED) is 0.369. The van der Waals surface area contributed by atoms with Gasteiger partial charge in [0.2, 0.25) is 0 Å². The van der Waals surface area contributed by atoms with Crippen molar-refractivity contribution in [2.75, 3.05) is 39.3 Å². The normalized spacial score (nSPS) is 10.6. The van der Waals surface area contributed by atoms with Crippen LogP contribution in [0.2, 0.25) is 0 Å². The van der Waals surface area contributed by atoms with Crippen LogP contribution in [0.5, 0.6) is 0 Å². The zero-order chi connectivity index (χ0) is 14.0. The second-order valence-corrected chi connectivity index (χ2v) is 3.86. The van der Waals surface area contributed by atoms with Crippen molar-refractivity contribution in [1.29, 1.82) is 5.41 Å². The number of rotatable bonds is 7. The summed E-state index contributed by atoms with van der Waals surface area (Å²) in [6, 6.07) is 0. The third-order valence-electron chi connectivity index (χ3n) is 2.85. The molecule has 0 aromatic rings. The third kappa shape index (κ3) is 7.92. The van der Waals surface area contributed by atoms with Crippen molar-refractivity contribution in [2.45, 2.75) is 27.7 Å². The van der Waals surface area contributed by atoms with Crippen molar-refractivity contribution in [3.05, 3.63) is 0 Å². The summed E-state index contributed by atoms with van der Waals surface area (Å²) in [5, 5.41) is 10.9. The van der Waals surface area contributed by atoms with Gasteiger partial charge in [0, 0.05) is 32.7 Å². The zero-order valence-electron chi connectivity index (χ0n) is 12.6. The highest BCUT2D eigenvalue weighted by Crippen LogP contribution is 1.88. The van der Waals surface area contributed by atoms with Crippen LogP contribution in [0.15, 0.2) is 4.99 Å². The SMILES string of the molecule is Br.CCN(CC)C(=N)NCCN=C(N)N(CC)CC. The Hall–Kier alpha value is -0.980. The van der Waals surface area contributed by atoms with Crippen molar-refractivity contribution >= 4 is 28.9 Å². The summed E-state index contributed by atoms with van der Waals surface area (Å²) < 4.78 is 0. The molecule has 4 N–H and O–H groups in total. The molecule has 0 aromatic carbocycles. The molecule has 0 aliphatic carbocycles. The predicted molar refractivity (Wildman–Crippen MR) is 88.4 cm³/mol. The first-order chi connectivity index (χ1) is 8.60. The van der Waals surface area contributed by atoms with E-state index in [4.69, 9.17) is 11.1 Å². The Kier molecular flexibility index (Phi) is 12.9. The van der Waals surface area contributed by atoms with E-state index in [0.717, 1.165) is 26.2 Å². The number of hydrogen-bond acceptors (Lipinski definition) is 2. The van der Waals surface area contributed by atoms with E-state index >= 15 is 0 Å². The van der Waals surface area contributed by atoms with Crippen LogP contribution < -0.4 is 11.1 Å². The molecule has 0 fully saturated rings. The lowest BCUT2D eigenvalue weighted by atomic mass is 10.5. The fourth-order valence-corrected chi connectivity index (χ4v) is 1.64. The minimum absolute atomic E-state index is 0. The van der Waals surface area contributed by atoms with E-state index in [2.05, 4.69) is 24.2 Å². The monoisotopic (exact) mass is 336 g/mol. The van der Waals surface area contributed by atoms with Crippen molar-refractivity contribution in [1.82, 2.24) is 15.1 Å². The smallest absolute Gasteiger partial charge is 0.191 e. The molecule has 0 heterocycles. The fourth-order valence-electron chi connectivity index (χ4n) is 1.64. The van der Waals surface area contributed by atoms with Gasteiger partial charge in [-0.1, -0.05) is 0 Å². The molecule has 6 nitrogen and oxygen atoms in total. The minimum Gasteiger partial charge on any atom is -0.370 e. The molecule has 0 saturated carbocycles. The van der Waals surface area contributed by atoms with Crippen LogP contribution >= 0.6 is 17.0 Å². The van der Waals surface area contributed by atoms with E-state index in [1.165, 1.54) is 0 Å². The van der Waals surface area contributed by atoms with Crippen LogP contribution in [0.25, 0.3) is 0 Å².